The van der Waals surface area contributed by atoms with E-state index in [0.717, 1.165) is 32.0 Å². The minimum atomic E-state index is -4.40. The second kappa shape index (κ2) is 14.8. The van der Waals surface area contributed by atoms with Crippen molar-refractivity contribution in [2.75, 3.05) is 30.6 Å². The lowest BCUT2D eigenvalue weighted by Gasteiger charge is -2.34. The highest BCUT2D eigenvalue weighted by Crippen LogP contribution is 2.34. The molecule has 0 fully saturated rings. The van der Waals surface area contributed by atoms with Gasteiger partial charge in [-0.25, -0.2) is 12.8 Å². The molecule has 46 heavy (non-hydrogen) atoms. The second-order valence-electron chi connectivity index (χ2n) is 10.5. The molecule has 1 aliphatic heterocycles. The lowest BCUT2D eigenvalue weighted by Crippen LogP contribution is -2.53. The van der Waals surface area contributed by atoms with Gasteiger partial charge in [0, 0.05) is 30.0 Å². The van der Waals surface area contributed by atoms with Crippen LogP contribution < -0.4 is 19.1 Å². The Morgan fingerprint density at radius 3 is 2.24 bits per heavy atom. The number of anilines is 1. The maximum atomic E-state index is 14.4. The Labute approximate surface area is 276 Å². The van der Waals surface area contributed by atoms with E-state index in [9.17, 15) is 22.4 Å². The van der Waals surface area contributed by atoms with Gasteiger partial charge in [-0.05, 0) is 66.6 Å². The molecule has 0 radical (unpaired) electrons. The summed E-state index contributed by atoms with van der Waals surface area (Å²) < 4.78 is 55.4. The Morgan fingerprint density at radius 2 is 1.57 bits per heavy atom. The van der Waals surface area contributed by atoms with Crippen molar-refractivity contribution in [3.63, 3.8) is 0 Å². The largest absolute Gasteiger partial charge is 0.486 e. The van der Waals surface area contributed by atoms with Crippen LogP contribution in [0.5, 0.6) is 11.5 Å². The van der Waals surface area contributed by atoms with Crippen LogP contribution in [-0.4, -0.2) is 57.5 Å². The number of hydrogen-bond acceptors (Lipinski definition) is 6. The van der Waals surface area contributed by atoms with Gasteiger partial charge < -0.3 is 19.7 Å². The highest BCUT2D eigenvalue weighted by molar-refractivity contribution is 9.10. The van der Waals surface area contributed by atoms with Gasteiger partial charge in [-0.2, -0.15) is 0 Å². The number of carbonyl (C=O) groups excluding carboxylic acids is 2. The average molecular weight is 711 g/mol. The summed E-state index contributed by atoms with van der Waals surface area (Å²) in [6.45, 7) is 2.08. The summed E-state index contributed by atoms with van der Waals surface area (Å²) in [4.78, 5) is 29.3. The summed E-state index contributed by atoms with van der Waals surface area (Å²) in [7, 11) is -4.40. The first-order chi connectivity index (χ1) is 22.2. The monoisotopic (exact) mass is 709 g/mol. The molecule has 0 spiro atoms. The third-order valence-corrected chi connectivity index (χ3v) is 9.68. The zero-order chi connectivity index (χ0) is 32.7. The van der Waals surface area contributed by atoms with Crippen LogP contribution in [0.15, 0.2) is 106 Å². The highest BCUT2D eigenvalue weighted by atomic mass is 79.9. The summed E-state index contributed by atoms with van der Waals surface area (Å²) >= 11 is 3.43. The zero-order valence-corrected chi connectivity index (χ0v) is 27.5. The van der Waals surface area contributed by atoms with Gasteiger partial charge in [0.15, 0.2) is 11.5 Å². The fourth-order valence-electron chi connectivity index (χ4n) is 5.08. The molecule has 0 saturated heterocycles. The molecule has 12 heteroatoms. The van der Waals surface area contributed by atoms with Crippen molar-refractivity contribution in [3.05, 3.63) is 118 Å². The Morgan fingerprint density at radius 1 is 0.891 bits per heavy atom. The minimum Gasteiger partial charge on any atom is -0.486 e. The first-order valence-corrected chi connectivity index (χ1v) is 16.9. The number of nitrogens with one attached hydrogen (secondary N) is 1. The summed E-state index contributed by atoms with van der Waals surface area (Å²) in [6, 6.07) is 24.7. The number of nitrogens with zero attached hydrogens (tertiary/aromatic N) is 2. The van der Waals surface area contributed by atoms with Gasteiger partial charge in [0.1, 0.15) is 31.6 Å². The molecule has 0 aromatic heterocycles. The van der Waals surface area contributed by atoms with E-state index in [1.54, 1.807) is 6.92 Å². The smallest absolute Gasteiger partial charge is 0.264 e. The van der Waals surface area contributed by atoms with E-state index in [1.807, 2.05) is 54.6 Å². The molecule has 0 unspecified atom stereocenters. The standard InChI is InChI=1S/C34H33BrFN3O6S/c1-2-37-34(41)30(20-24-6-4-3-5-7-24)38(22-25-8-10-26(35)11-9-25)33(40)23-39(28-14-12-27(36)13-15-28)46(42,43)29-16-17-31-32(21-29)45-19-18-44-31/h3-17,21,30H,2,18-20,22-23H2,1H3,(H,37,41)/t30-/m1/s1. The predicted molar refractivity (Wildman–Crippen MR) is 176 cm³/mol. The Kier molecular flexibility index (Phi) is 10.6. The van der Waals surface area contributed by atoms with Crippen LogP contribution in [0.1, 0.15) is 18.1 Å². The number of sulfonamides is 1. The van der Waals surface area contributed by atoms with Crippen LogP contribution in [0, 0.1) is 5.82 Å². The third-order valence-electron chi connectivity index (χ3n) is 7.38. The van der Waals surface area contributed by atoms with E-state index >= 15 is 0 Å². The van der Waals surface area contributed by atoms with Crippen molar-refractivity contribution in [3.8, 4) is 11.5 Å². The summed E-state index contributed by atoms with van der Waals surface area (Å²) in [5.41, 5.74) is 1.64. The molecule has 0 bridgehead atoms. The Hall–Kier alpha value is -4.42. The van der Waals surface area contributed by atoms with Crippen LogP contribution in [0.25, 0.3) is 0 Å². The fraction of sp³-hybridized carbons (Fsp3) is 0.235. The molecule has 240 valence electrons. The normalized spacial score (nSPS) is 13.0. The average Bonchev–Trinajstić information content (AvgIpc) is 3.06. The second-order valence-corrected chi connectivity index (χ2v) is 13.3. The molecule has 4 aromatic rings. The molecule has 1 N–H and O–H groups in total. The number of amides is 2. The van der Waals surface area contributed by atoms with E-state index in [0.29, 0.717) is 18.9 Å². The number of fused-ring (bicyclic) bond motifs is 1. The van der Waals surface area contributed by atoms with Crippen molar-refractivity contribution in [2.24, 2.45) is 0 Å². The van der Waals surface area contributed by atoms with E-state index in [4.69, 9.17) is 9.47 Å². The molecule has 0 saturated carbocycles. The third kappa shape index (κ3) is 7.86. The molecule has 0 aliphatic carbocycles. The SMILES string of the molecule is CCNC(=O)[C@@H](Cc1ccccc1)N(Cc1ccc(Br)cc1)C(=O)CN(c1ccc(F)cc1)S(=O)(=O)c1ccc2c(c1)OCCO2. The van der Waals surface area contributed by atoms with Crippen LogP contribution in [0.3, 0.4) is 0 Å². The number of ether oxygens (including phenoxy) is 2. The molecule has 1 heterocycles. The first-order valence-electron chi connectivity index (χ1n) is 14.7. The van der Waals surface area contributed by atoms with Crippen molar-refractivity contribution >= 4 is 43.5 Å². The van der Waals surface area contributed by atoms with Gasteiger partial charge >= 0.3 is 0 Å². The number of benzene rings is 4. The van der Waals surface area contributed by atoms with Gasteiger partial charge in [0.2, 0.25) is 11.8 Å². The number of likely N-dealkylation sites (N-methyl/N-ethyl adjacent to an activating group) is 1. The van der Waals surface area contributed by atoms with Crippen LogP contribution >= 0.6 is 15.9 Å². The van der Waals surface area contributed by atoms with E-state index < -0.39 is 34.3 Å². The van der Waals surface area contributed by atoms with Gasteiger partial charge in [0.25, 0.3) is 10.0 Å². The predicted octanol–water partition coefficient (Wildman–Crippen LogP) is 5.33. The molecule has 5 rings (SSSR count). The topological polar surface area (TPSA) is 105 Å². The molecule has 2 amide bonds. The van der Waals surface area contributed by atoms with Gasteiger partial charge in [0.05, 0.1) is 10.6 Å². The highest BCUT2D eigenvalue weighted by Gasteiger charge is 2.35. The molecular formula is C34H33BrFN3O6S. The number of halogens is 2. The van der Waals surface area contributed by atoms with Crippen molar-refractivity contribution < 1.29 is 31.9 Å². The summed E-state index contributed by atoms with van der Waals surface area (Å²) in [5.74, 6) is -0.905. The molecule has 9 nitrogen and oxygen atoms in total. The Bertz CT molecular complexity index is 1770. The molecule has 1 aliphatic rings. The van der Waals surface area contributed by atoms with Gasteiger partial charge in [-0.15, -0.1) is 0 Å². The van der Waals surface area contributed by atoms with Crippen LogP contribution in [0.2, 0.25) is 0 Å². The lowest BCUT2D eigenvalue weighted by atomic mass is 10.0. The van der Waals surface area contributed by atoms with Crippen LogP contribution in [-0.2, 0) is 32.6 Å². The van der Waals surface area contributed by atoms with E-state index in [1.165, 1.54) is 35.2 Å². The van der Waals surface area contributed by atoms with Gasteiger partial charge in [-0.3, -0.25) is 13.9 Å². The maximum Gasteiger partial charge on any atom is 0.264 e. The minimum absolute atomic E-state index is 0.0298. The maximum absolute atomic E-state index is 14.4. The Balaban J connectivity index is 1.56. The van der Waals surface area contributed by atoms with Crippen molar-refractivity contribution in [2.45, 2.75) is 30.8 Å². The number of hydrogen-bond donors (Lipinski definition) is 1. The first kappa shape index (κ1) is 33.0. The summed E-state index contributed by atoms with van der Waals surface area (Å²) in [5, 5.41) is 2.83. The molecule has 1 atom stereocenters. The molecule has 4 aromatic carbocycles. The van der Waals surface area contributed by atoms with Gasteiger partial charge in [-0.1, -0.05) is 58.4 Å². The lowest BCUT2D eigenvalue weighted by molar-refractivity contribution is -0.140. The molecular weight excluding hydrogens is 677 g/mol. The van der Waals surface area contributed by atoms with Crippen molar-refractivity contribution in [1.29, 1.82) is 0 Å². The van der Waals surface area contributed by atoms with Crippen molar-refractivity contribution in [1.82, 2.24) is 10.2 Å². The van der Waals surface area contributed by atoms with E-state index in [2.05, 4.69) is 21.2 Å². The van der Waals surface area contributed by atoms with E-state index in [-0.39, 0.29) is 41.8 Å². The zero-order valence-electron chi connectivity index (χ0n) is 25.1. The fourth-order valence-corrected chi connectivity index (χ4v) is 6.77. The number of rotatable bonds is 12. The summed E-state index contributed by atoms with van der Waals surface area (Å²) in [6.07, 6.45) is 0.195. The quantitative estimate of drug-likeness (QED) is 0.213. The van der Waals surface area contributed by atoms with Crippen LogP contribution in [0.4, 0.5) is 10.1 Å². The number of carbonyl (C=O) groups is 2.